The molecule has 0 aromatic carbocycles. The van der Waals surface area contributed by atoms with Gasteiger partial charge in [-0.25, -0.2) is 19.9 Å². The van der Waals surface area contributed by atoms with Crippen molar-refractivity contribution in [3.8, 4) is 0 Å². The molecule has 24 heavy (non-hydrogen) atoms. The van der Waals surface area contributed by atoms with Crippen molar-refractivity contribution in [3.05, 3.63) is 36.5 Å². The first-order valence-electron chi connectivity index (χ1n) is 7.44. The van der Waals surface area contributed by atoms with E-state index in [1.807, 2.05) is 0 Å². The number of aliphatic hydroxyl groups excluding tert-OH is 1. The van der Waals surface area contributed by atoms with E-state index in [0.717, 1.165) is 5.56 Å². The molecular weight excluding hydrogens is 310 g/mol. The van der Waals surface area contributed by atoms with Gasteiger partial charge in [0.25, 0.3) is 0 Å². The third-order valence-corrected chi connectivity index (χ3v) is 3.50. The van der Waals surface area contributed by atoms with E-state index in [9.17, 15) is 4.79 Å². The lowest BCUT2D eigenvalue weighted by Gasteiger charge is -2.07. The number of fused-ring (bicyclic) bond motifs is 1. The average Bonchev–Trinajstić information content (AvgIpc) is 2.98. The number of nitrogens with one attached hydrogen (secondary N) is 1. The molecule has 0 aliphatic rings. The first-order valence-corrected chi connectivity index (χ1v) is 7.44. The highest BCUT2D eigenvalue weighted by molar-refractivity contribution is 5.90. The number of amides is 1. The summed E-state index contributed by atoms with van der Waals surface area (Å²) in [4.78, 5) is 28.4. The second-order valence-electron chi connectivity index (χ2n) is 5.19. The second-order valence-corrected chi connectivity index (χ2v) is 5.19. The molecule has 0 saturated heterocycles. The summed E-state index contributed by atoms with van der Waals surface area (Å²) < 4.78 is 1.75. The Hall–Kier alpha value is -3.07. The van der Waals surface area contributed by atoms with Crippen LogP contribution in [0.2, 0.25) is 0 Å². The van der Waals surface area contributed by atoms with Gasteiger partial charge >= 0.3 is 0 Å². The number of aliphatic hydroxyl groups is 1. The molecule has 0 radical (unpaired) electrons. The highest BCUT2D eigenvalue weighted by Crippen LogP contribution is 2.14. The van der Waals surface area contributed by atoms with Gasteiger partial charge in [0.15, 0.2) is 11.5 Å². The van der Waals surface area contributed by atoms with Crippen LogP contribution in [-0.4, -0.2) is 42.1 Å². The van der Waals surface area contributed by atoms with Crippen LogP contribution in [-0.2, 0) is 17.8 Å². The SMILES string of the molecule is Nc1ncnc2c1ncn2CCC(=O)Nc1cc(CCO)ccn1. The van der Waals surface area contributed by atoms with E-state index >= 15 is 0 Å². The second kappa shape index (κ2) is 7.01. The summed E-state index contributed by atoms with van der Waals surface area (Å²) in [6, 6.07) is 3.54. The van der Waals surface area contributed by atoms with Gasteiger partial charge in [-0.3, -0.25) is 4.79 Å². The number of hydrogen-bond acceptors (Lipinski definition) is 7. The number of aromatic nitrogens is 5. The Morgan fingerprint density at radius 2 is 2.17 bits per heavy atom. The molecule has 0 fully saturated rings. The number of hydrogen-bond donors (Lipinski definition) is 3. The van der Waals surface area contributed by atoms with Crippen LogP contribution < -0.4 is 11.1 Å². The van der Waals surface area contributed by atoms with Crippen LogP contribution in [0, 0.1) is 0 Å². The quantitative estimate of drug-likeness (QED) is 0.595. The molecule has 0 spiro atoms. The monoisotopic (exact) mass is 327 g/mol. The van der Waals surface area contributed by atoms with E-state index in [2.05, 4.69) is 25.3 Å². The lowest BCUT2D eigenvalue weighted by Crippen LogP contribution is -2.15. The minimum atomic E-state index is -0.174. The summed E-state index contributed by atoms with van der Waals surface area (Å²) >= 11 is 0. The maximum Gasteiger partial charge on any atom is 0.227 e. The summed E-state index contributed by atoms with van der Waals surface area (Å²) in [5, 5.41) is 11.7. The molecule has 3 rings (SSSR count). The van der Waals surface area contributed by atoms with Crippen LogP contribution in [0.3, 0.4) is 0 Å². The summed E-state index contributed by atoms with van der Waals surface area (Å²) in [7, 11) is 0. The molecule has 0 unspecified atom stereocenters. The highest BCUT2D eigenvalue weighted by Gasteiger charge is 2.10. The van der Waals surface area contributed by atoms with Gasteiger partial charge in [-0.1, -0.05) is 0 Å². The number of nitrogen functional groups attached to an aromatic ring is 1. The number of carbonyl (C=O) groups excluding carboxylic acids is 1. The molecule has 0 aliphatic heterocycles. The minimum Gasteiger partial charge on any atom is -0.396 e. The molecule has 3 aromatic rings. The van der Waals surface area contributed by atoms with Crippen LogP contribution in [0.15, 0.2) is 31.0 Å². The van der Waals surface area contributed by atoms with Crippen molar-refractivity contribution in [2.75, 3.05) is 17.7 Å². The minimum absolute atomic E-state index is 0.0517. The molecule has 9 heteroatoms. The Kier molecular flexibility index (Phi) is 4.62. The van der Waals surface area contributed by atoms with Gasteiger partial charge in [0, 0.05) is 25.8 Å². The number of rotatable bonds is 6. The van der Waals surface area contributed by atoms with Crippen LogP contribution in [0.4, 0.5) is 11.6 Å². The van der Waals surface area contributed by atoms with Crippen molar-refractivity contribution >= 4 is 28.7 Å². The maximum absolute atomic E-state index is 12.1. The first-order chi connectivity index (χ1) is 11.7. The van der Waals surface area contributed by atoms with Crippen LogP contribution in [0.1, 0.15) is 12.0 Å². The van der Waals surface area contributed by atoms with Gasteiger partial charge in [-0.15, -0.1) is 0 Å². The van der Waals surface area contributed by atoms with Crippen molar-refractivity contribution in [2.45, 2.75) is 19.4 Å². The molecule has 9 nitrogen and oxygen atoms in total. The Labute approximate surface area is 137 Å². The van der Waals surface area contributed by atoms with E-state index in [1.54, 1.807) is 29.2 Å². The van der Waals surface area contributed by atoms with Crippen molar-refractivity contribution < 1.29 is 9.90 Å². The van der Waals surface area contributed by atoms with Crippen LogP contribution >= 0.6 is 0 Å². The third kappa shape index (κ3) is 3.46. The zero-order valence-corrected chi connectivity index (χ0v) is 12.9. The van der Waals surface area contributed by atoms with Gasteiger partial charge in [-0.2, -0.15) is 0 Å². The first kappa shape index (κ1) is 15.8. The van der Waals surface area contributed by atoms with Gasteiger partial charge in [0.05, 0.1) is 6.33 Å². The third-order valence-electron chi connectivity index (χ3n) is 3.50. The molecule has 124 valence electrons. The van der Waals surface area contributed by atoms with Crippen molar-refractivity contribution in [2.24, 2.45) is 0 Å². The number of carbonyl (C=O) groups is 1. The maximum atomic E-state index is 12.1. The van der Waals surface area contributed by atoms with E-state index in [1.165, 1.54) is 6.33 Å². The average molecular weight is 327 g/mol. The molecule has 0 atom stereocenters. The Bertz CT molecular complexity index is 862. The zero-order chi connectivity index (χ0) is 16.9. The summed E-state index contributed by atoms with van der Waals surface area (Å²) in [5.41, 5.74) is 7.77. The van der Waals surface area contributed by atoms with Crippen LogP contribution in [0.25, 0.3) is 11.2 Å². The number of imidazole rings is 1. The molecule has 0 aliphatic carbocycles. The number of nitrogens with two attached hydrogens (primary N) is 1. The zero-order valence-electron chi connectivity index (χ0n) is 12.9. The van der Waals surface area contributed by atoms with Crippen molar-refractivity contribution in [3.63, 3.8) is 0 Å². The number of anilines is 2. The Morgan fingerprint density at radius 3 is 3.00 bits per heavy atom. The van der Waals surface area contributed by atoms with Crippen molar-refractivity contribution in [1.29, 1.82) is 0 Å². The molecular formula is C15H17N7O2. The summed E-state index contributed by atoms with van der Waals surface area (Å²) in [6.45, 7) is 0.464. The lowest BCUT2D eigenvalue weighted by molar-refractivity contribution is -0.116. The van der Waals surface area contributed by atoms with Crippen LogP contribution in [0.5, 0.6) is 0 Å². The fourth-order valence-electron chi connectivity index (χ4n) is 2.32. The smallest absolute Gasteiger partial charge is 0.227 e. The normalized spacial score (nSPS) is 10.9. The van der Waals surface area contributed by atoms with E-state index in [4.69, 9.17) is 10.8 Å². The highest BCUT2D eigenvalue weighted by atomic mass is 16.3. The largest absolute Gasteiger partial charge is 0.396 e. The van der Waals surface area contributed by atoms with Gasteiger partial charge in [0.1, 0.15) is 17.7 Å². The summed E-state index contributed by atoms with van der Waals surface area (Å²) in [5.74, 6) is 0.605. The van der Waals surface area contributed by atoms with Gasteiger partial charge in [0.2, 0.25) is 5.91 Å². The topological polar surface area (TPSA) is 132 Å². The molecule has 0 saturated carbocycles. The summed E-state index contributed by atoms with van der Waals surface area (Å²) in [6.07, 6.45) is 5.31. The lowest BCUT2D eigenvalue weighted by atomic mass is 10.2. The molecule has 4 N–H and O–H groups in total. The standard InChI is InChI=1S/C15H17N7O2/c16-14-13-15(19-8-18-14)22(9-20-13)5-2-12(24)21-11-7-10(3-6-23)1-4-17-11/h1,4,7-9,23H,2-3,5-6H2,(H2,16,18,19)(H,17,21,24). The van der Waals surface area contributed by atoms with E-state index < -0.39 is 0 Å². The Morgan fingerprint density at radius 1 is 1.29 bits per heavy atom. The Balaban J connectivity index is 1.63. The molecule has 1 amide bonds. The molecule has 3 aromatic heterocycles. The predicted molar refractivity (Wildman–Crippen MR) is 88.0 cm³/mol. The molecule has 0 bridgehead atoms. The fourth-order valence-corrected chi connectivity index (χ4v) is 2.32. The predicted octanol–water partition coefficient (Wildman–Crippen LogP) is 0.367. The van der Waals surface area contributed by atoms with E-state index in [-0.39, 0.29) is 18.9 Å². The van der Waals surface area contributed by atoms with Crippen molar-refractivity contribution in [1.82, 2.24) is 24.5 Å². The van der Waals surface area contributed by atoms with E-state index in [0.29, 0.717) is 35.8 Å². The van der Waals surface area contributed by atoms with Gasteiger partial charge in [-0.05, 0) is 24.1 Å². The number of nitrogens with zero attached hydrogens (tertiary/aromatic N) is 5. The number of aryl methyl sites for hydroxylation is 1. The molecule has 3 heterocycles. The van der Waals surface area contributed by atoms with Gasteiger partial charge < -0.3 is 20.7 Å². The fraction of sp³-hybridized carbons (Fsp3) is 0.267. The number of pyridine rings is 1.